The van der Waals surface area contributed by atoms with Gasteiger partial charge in [0.25, 0.3) is 0 Å². The second kappa shape index (κ2) is 5.85. The molecule has 1 aliphatic rings. The smallest absolute Gasteiger partial charge is 0.0381 e. The summed E-state index contributed by atoms with van der Waals surface area (Å²) in [6, 6.07) is 9.36. The van der Waals surface area contributed by atoms with Gasteiger partial charge in [-0.2, -0.15) is 0 Å². The molecule has 1 aromatic carbocycles. The number of hydrogen-bond acceptors (Lipinski definition) is 2. The van der Waals surface area contributed by atoms with Crippen LogP contribution in [0.5, 0.6) is 0 Å². The molecule has 1 N–H and O–H groups in total. The van der Waals surface area contributed by atoms with Crippen molar-refractivity contribution >= 4 is 11.4 Å². The fraction of sp³-hybridized carbons (Fsp3) is 0.647. The molecule has 106 valence electrons. The van der Waals surface area contributed by atoms with Crippen LogP contribution in [-0.4, -0.2) is 20.1 Å². The zero-order chi connectivity index (χ0) is 13.9. The molecule has 1 atom stereocenters. The largest absolute Gasteiger partial charge is 0.382 e. The lowest BCUT2D eigenvalue weighted by Gasteiger charge is -2.23. The van der Waals surface area contributed by atoms with E-state index in [0.717, 1.165) is 0 Å². The average molecular weight is 260 g/mol. The minimum absolute atomic E-state index is 0.530. The van der Waals surface area contributed by atoms with Crippen LogP contribution < -0.4 is 10.2 Å². The third-order valence-electron chi connectivity index (χ3n) is 4.31. The zero-order valence-corrected chi connectivity index (χ0v) is 12.9. The lowest BCUT2D eigenvalue weighted by Crippen LogP contribution is -2.19. The molecule has 1 aromatic rings. The highest BCUT2D eigenvalue weighted by molar-refractivity contribution is 5.57. The Morgan fingerprint density at radius 1 is 1.16 bits per heavy atom. The molecule has 0 heterocycles. The van der Waals surface area contributed by atoms with Crippen molar-refractivity contribution in [2.75, 3.05) is 24.3 Å². The van der Waals surface area contributed by atoms with Gasteiger partial charge < -0.3 is 10.2 Å². The first-order valence-electron chi connectivity index (χ1n) is 7.50. The van der Waals surface area contributed by atoms with E-state index in [4.69, 9.17) is 0 Å². The summed E-state index contributed by atoms with van der Waals surface area (Å²) in [5, 5.41) is 3.73. The molecular formula is C17H28N2. The molecule has 2 nitrogen and oxygen atoms in total. The van der Waals surface area contributed by atoms with Gasteiger partial charge in [0.15, 0.2) is 0 Å². The maximum atomic E-state index is 3.73. The van der Waals surface area contributed by atoms with Gasteiger partial charge in [-0.1, -0.05) is 26.3 Å². The summed E-state index contributed by atoms with van der Waals surface area (Å²) in [5.74, 6) is 0. The Balaban J connectivity index is 1.99. The Morgan fingerprint density at radius 3 is 2.68 bits per heavy atom. The van der Waals surface area contributed by atoms with E-state index < -0.39 is 0 Å². The summed E-state index contributed by atoms with van der Waals surface area (Å²) >= 11 is 0. The molecule has 0 radical (unpaired) electrons. The Labute approximate surface area is 118 Å². The summed E-state index contributed by atoms with van der Waals surface area (Å²) in [4.78, 5) is 2.15. The molecule has 1 saturated carbocycles. The lowest BCUT2D eigenvalue weighted by atomic mass is 9.85. The normalized spacial score (nSPS) is 22.6. The Kier molecular flexibility index (Phi) is 4.38. The number of nitrogens with zero attached hydrogens (tertiary/aromatic N) is 1. The fourth-order valence-electron chi connectivity index (χ4n) is 2.92. The van der Waals surface area contributed by atoms with Crippen molar-refractivity contribution in [1.82, 2.24) is 0 Å². The topological polar surface area (TPSA) is 15.3 Å². The van der Waals surface area contributed by atoms with E-state index in [0.29, 0.717) is 11.5 Å². The molecule has 1 unspecified atom stereocenters. The summed E-state index contributed by atoms with van der Waals surface area (Å²) < 4.78 is 0. The second-order valence-electron chi connectivity index (χ2n) is 6.88. The van der Waals surface area contributed by atoms with Crippen LogP contribution in [0, 0.1) is 5.41 Å². The minimum atomic E-state index is 0.530. The first-order chi connectivity index (χ1) is 8.96. The summed E-state index contributed by atoms with van der Waals surface area (Å²) in [6.07, 6.45) is 6.63. The number of hydrogen-bond donors (Lipinski definition) is 1. The van der Waals surface area contributed by atoms with Gasteiger partial charge in [-0.05, 0) is 49.3 Å². The monoisotopic (exact) mass is 260 g/mol. The van der Waals surface area contributed by atoms with Gasteiger partial charge in [-0.15, -0.1) is 0 Å². The quantitative estimate of drug-likeness (QED) is 0.804. The second-order valence-corrected chi connectivity index (χ2v) is 6.88. The van der Waals surface area contributed by atoms with Crippen LogP contribution in [-0.2, 0) is 0 Å². The maximum Gasteiger partial charge on any atom is 0.0381 e. The highest BCUT2D eigenvalue weighted by Crippen LogP contribution is 2.34. The standard InChI is InChI=1S/C17H28N2/c1-17(2)11-6-8-14(10-12-17)18-15-7-5-9-16(13-15)19(3)4/h5,7,9,13-14,18H,6,8,10-12H2,1-4H3. The highest BCUT2D eigenvalue weighted by Gasteiger charge is 2.24. The number of anilines is 2. The molecule has 2 heteroatoms. The first-order valence-corrected chi connectivity index (χ1v) is 7.50. The van der Waals surface area contributed by atoms with Gasteiger partial charge in [-0.3, -0.25) is 0 Å². The van der Waals surface area contributed by atoms with Crippen molar-refractivity contribution in [1.29, 1.82) is 0 Å². The van der Waals surface area contributed by atoms with Gasteiger partial charge in [0, 0.05) is 31.5 Å². The van der Waals surface area contributed by atoms with Gasteiger partial charge in [0.2, 0.25) is 0 Å². The van der Waals surface area contributed by atoms with Crippen molar-refractivity contribution < 1.29 is 0 Å². The van der Waals surface area contributed by atoms with Gasteiger partial charge >= 0.3 is 0 Å². The first kappa shape index (κ1) is 14.2. The molecule has 0 amide bonds. The summed E-state index contributed by atoms with van der Waals surface area (Å²) in [6.45, 7) is 4.81. The lowest BCUT2D eigenvalue weighted by molar-refractivity contribution is 0.313. The SMILES string of the molecule is CN(C)c1cccc(NC2CCCC(C)(C)CC2)c1. The van der Waals surface area contributed by atoms with Crippen LogP contribution in [0.4, 0.5) is 11.4 Å². The van der Waals surface area contributed by atoms with E-state index in [1.807, 2.05) is 0 Å². The van der Waals surface area contributed by atoms with Crippen molar-refractivity contribution in [2.24, 2.45) is 5.41 Å². The third kappa shape index (κ3) is 4.15. The predicted octanol–water partition coefficient (Wildman–Crippen LogP) is 4.52. The zero-order valence-electron chi connectivity index (χ0n) is 12.9. The third-order valence-corrected chi connectivity index (χ3v) is 4.31. The Morgan fingerprint density at radius 2 is 1.95 bits per heavy atom. The van der Waals surface area contributed by atoms with Crippen LogP contribution in [0.2, 0.25) is 0 Å². The van der Waals surface area contributed by atoms with Crippen LogP contribution in [0.1, 0.15) is 46.0 Å². The molecule has 0 aromatic heterocycles. The van der Waals surface area contributed by atoms with Crippen molar-refractivity contribution in [3.05, 3.63) is 24.3 Å². The van der Waals surface area contributed by atoms with Crippen LogP contribution in [0.15, 0.2) is 24.3 Å². The molecule has 19 heavy (non-hydrogen) atoms. The predicted molar refractivity (Wildman–Crippen MR) is 85.0 cm³/mol. The number of benzene rings is 1. The molecule has 2 rings (SSSR count). The van der Waals surface area contributed by atoms with Gasteiger partial charge in [0.05, 0.1) is 0 Å². The van der Waals surface area contributed by atoms with E-state index >= 15 is 0 Å². The van der Waals surface area contributed by atoms with Crippen LogP contribution in [0.3, 0.4) is 0 Å². The Bertz CT molecular complexity index is 409. The summed E-state index contributed by atoms with van der Waals surface area (Å²) in [5.41, 5.74) is 3.05. The minimum Gasteiger partial charge on any atom is -0.382 e. The molecule has 1 fully saturated rings. The average Bonchev–Trinajstić information content (AvgIpc) is 2.51. The highest BCUT2D eigenvalue weighted by atomic mass is 15.1. The Hall–Kier alpha value is -1.18. The van der Waals surface area contributed by atoms with Crippen molar-refractivity contribution in [3.63, 3.8) is 0 Å². The van der Waals surface area contributed by atoms with E-state index in [2.05, 4.69) is 62.4 Å². The maximum absolute atomic E-state index is 3.73. The number of nitrogens with one attached hydrogen (secondary N) is 1. The molecule has 0 aliphatic heterocycles. The molecular weight excluding hydrogens is 232 g/mol. The molecule has 0 bridgehead atoms. The number of rotatable bonds is 3. The van der Waals surface area contributed by atoms with E-state index in [9.17, 15) is 0 Å². The van der Waals surface area contributed by atoms with Crippen molar-refractivity contribution in [3.8, 4) is 0 Å². The van der Waals surface area contributed by atoms with Crippen molar-refractivity contribution in [2.45, 2.75) is 52.0 Å². The van der Waals surface area contributed by atoms with Crippen LogP contribution in [0.25, 0.3) is 0 Å². The van der Waals surface area contributed by atoms with E-state index in [1.165, 1.54) is 43.5 Å². The van der Waals surface area contributed by atoms with E-state index in [1.54, 1.807) is 0 Å². The molecule has 0 saturated heterocycles. The fourth-order valence-corrected chi connectivity index (χ4v) is 2.92. The molecule has 0 spiro atoms. The summed E-state index contributed by atoms with van der Waals surface area (Å²) in [7, 11) is 4.18. The van der Waals surface area contributed by atoms with Gasteiger partial charge in [-0.25, -0.2) is 0 Å². The van der Waals surface area contributed by atoms with Gasteiger partial charge in [0.1, 0.15) is 0 Å². The molecule has 1 aliphatic carbocycles. The van der Waals surface area contributed by atoms with Crippen LogP contribution >= 0.6 is 0 Å². The van der Waals surface area contributed by atoms with E-state index in [-0.39, 0.29) is 0 Å².